The number of nitrogens with one attached hydrogen (secondary N) is 1. The normalized spacial score (nSPS) is 11.1. The lowest BCUT2D eigenvalue weighted by molar-refractivity contribution is 0.786. The van der Waals surface area contributed by atoms with E-state index < -0.39 is 0 Å². The molecule has 15 heavy (non-hydrogen) atoms. The van der Waals surface area contributed by atoms with Crippen LogP contribution < -0.4 is 5.32 Å². The van der Waals surface area contributed by atoms with Crippen LogP contribution in [0, 0.1) is 0 Å². The minimum absolute atomic E-state index is 0.951. The standard InChI is InChI=1S/C10H13BrN4/c1-12-4-3-7-8-5-13-6-14-10(8)15(2)9(7)11/h5-6,12H,3-4H2,1-2H3. The fourth-order valence-corrected chi connectivity index (χ4v) is 2.28. The number of nitrogens with zero attached hydrogens (tertiary/aromatic N) is 3. The minimum Gasteiger partial charge on any atom is -0.323 e. The second-order valence-corrected chi connectivity index (χ2v) is 4.19. The van der Waals surface area contributed by atoms with Gasteiger partial charge in [-0.3, -0.25) is 0 Å². The molecule has 0 aliphatic carbocycles. The average molecular weight is 269 g/mol. The lowest BCUT2D eigenvalue weighted by Gasteiger charge is -1.99. The summed E-state index contributed by atoms with van der Waals surface area (Å²) >= 11 is 3.59. The van der Waals surface area contributed by atoms with Crippen LogP contribution in [0.4, 0.5) is 0 Å². The van der Waals surface area contributed by atoms with Crippen LogP contribution in [0.25, 0.3) is 11.0 Å². The molecule has 0 unspecified atom stereocenters. The molecule has 2 heterocycles. The Kier molecular flexibility index (Phi) is 3.02. The summed E-state index contributed by atoms with van der Waals surface area (Å²) in [4.78, 5) is 8.34. The van der Waals surface area contributed by atoms with Crippen molar-refractivity contribution >= 4 is 27.0 Å². The molecule has 2 aromatic heterocycles. The zero-order valence-corrected chi connectivity index (χ0v) is 10.4. The van der Waals surface area contributed by atoms with Gasteiger partial charge in [-0.25, -0.2) is 9.97 Å². The molecule has 0 saturated carbocycles. The fraction of sp³-hybridized carbons (Fsp3) is 0.400. The van der Waals surface area contributed by atoms with Crippen LogP contribution in [0.2, 0.25) is 0 Å². The van der Waals surface area contributed by atoms with Crippen LogP contribution in [0.5, 0.6) is 0 Å². The van der Waals surface area contributed by atoms with Gasteiger partial charge in [0.25, 0.3) is 0 Å². The molecular weight excluding hydrogens is 256 g/mol. The van der Waals surface area contributed by atoms with Crippen molar-refractivity contribution in [3.05, 3.63) is 22.7 Å². The largest absolute Gasteiger partial charge is 0.323 e. The third-order valence-electron chi connectivity index (χ3n) is 2.50. The number of aromatic nitrogens is 3. The third-order valence-corrected chi connectivity index (χ3v) is 3.51. The van der Waals surface area contributed by atoms with E-state index in [4.69, 9.17) is 0 Å². The van der Waals surface area contributed by atoms with Gasteiger partial charge in [0, 0.05) is 18.6 Å². The molecule has 5 heteroatoms. The van der Waals surface area contributed by atoms with Gasteiger partial charge in [-0.1, -0.05) is 0 Å². The van der Waals surface area contributed by atoms with Crippen LogP contribution in [0.15, 0.2) is 17.1 Å². The number of likely N-dealkylation sites (N-methyl/N-ethyl adjacent to an activating group) is 1. The molecule has 0 bridgehead atoms. The summed E-state index contributed by atoms with van der Waals surface area (Å²) in [6.45, 7) is 0.951. The predicted octanol–water partition coefficient (Wildman–Crippen LogP) is 1.49. The van der Waals surface area contributed by atoms with E-state index >= 15 is 0 Å². The maximum Gasteiger partial charge on any atom is 0.144 e. The maximum atomic E-state index is 4.27. The first-order chi connectivity index (χ1) is 7.25. The van der Waals surface area contributed by atoms with Gasteiger partial charge in [-0.15, -0.1) is 0 Å². The third kappa shape index (κ3) is 1.77. The van der Waals surface area contributed by atoms with Gasteiger partial charge in [0.15, 0.2) is 0 Å². The van der Waals surface area contributed by atoms with Gasteiger partial charge in [-0.2, -0.15) is 0 Å². The summed E-state index contributed by atoms with van der Waals surface area (Å²) in [5.41, 5.74) is 2.24. The molecule has 0 aromatic carbocycles. The first-order valence-corrected chi connectivity index (χ1v) is 5.62. The summed E-state index contributed by atoms with van der Waals surface area (Å²) in [7, 11) is 3.96. The second-order valence-electron chi connectivity index (χ2n) is 3.44. The fourth-order valence-electron chi connectivity index (χ4n) is 1.70. The molecule has 2 rings (SSSR count). The zero-order valence-electron chi connectivity index (χ0n) is 8.79. The monoisotopic (exact) mass is 268 g/mol. The zero-order chi connectivity index (χ0) is 10.8. The van der Waals surface area contributed by atoms with Crippen LogP contribution in [0.3, 0.4) is 0 Å². The molecule has 0 amide bonds. The van der Waals surface area contributed by atoms with Crippen LogP contribution in [0.1, 0.15) is 5.56 Å². The van der Waals surface area contributed by atoms with E-state index in [-0.39, 0.29) is 0 Å². The minimum atomic E-state index is 0.951. The summed E-state index contributed by atoms with van der Waals surface area (Å²) < 4.78 is 3.13. The summed E-state index contributed by atoms with van der Waals surface area (Å²) in [6, 6.07) is 0. The van der Waals surface area contributed by atoms with Crippen molar-refractivity contribution in [1.29, 1.82) is 0 Å². The molecule has 4 nitrogen and oxygen atoms in total. The van der Waals surface area contributed by atoms with E-state index in [0.29, 0.717) is 0 Å². The van der Waals surface area contributed by atoms with Crippen LogP contribution in [-0.2, 0) is 13.5 Å². The molecule has 0 fully saturated rings. The number of halogens is 1. The van der Waals surface area contributed by atoms with Crippen molar-refractivity contribution in [2.24, 2.45) is 7.05 Å². The highest BCUT2D eigenvalue weighted by atomic mass is 79.9. The molecule has 2 aromatic rings. The van der Waals surface area contributed by atoms with E-state index in [2.05, 4.69) is 31.2 Å². The van der Waals surface area contributed by atoms with Gasteiger partial charge < -0.3 is 9.88 Å². The van der Waals surface area contributed by atoms with Crippen molar-refractivity contribution in [2.45, 2.75) is 6.42 Å². The molecule has 0 aliphatic heterocycles. The summed E-state index contributed by atoms with van der Waals surface area (Å²) in [5.74, 6) is 0. The van der Waals surface area contributed by atoms with Gasteiger partial charge in [0.1, 0.15) is 12.0 Å². The number of rotatable bonds is 3. The van der Waals surface area contributed by atoms with E-state index in [1.165, 1.54) is 5.56 Å². The predicted molar refractivity (Wildman–Crippen MR) is 63.8 cm³/mol. The summed E-state index contributed by atoms with van der Waals surface area (Å²) in [5, 5.41) is 4.27. The van der Waals surface area contributed by atoms with E-state index in [1.54, 1.807) is 6.33 Å². The second kappa shape index (κ2) is 4.28. The number of hydrogen-bond acceptors (Lipinski definition) is 3. The summed E-state index contributed by atoms with van der Waals surface area (Å²) in [6.07, 6.45) is 4.43. The van der Waals surface area contributed by atoms with E-state index in [1.807, 2.05) is 24.9 Å². The first-order valence-electron chi connectivity index (χ1n) is 4.83. The Morgan fingerprint density at radius 3 is 3.07 bits per heavy atom. The smallest absolute Gasteiger partial charge is 0.144 e. The quantitative estimate of drug-likeness (QED) is 0.918. The van der Waals surface area contributed by atoms with Crippen molar-refractivity contribution in [1.82, 2.24) is 19.9 Å². The molecule has 0 atom stereocenters. The molecule has 0 spiro atoms. The molecule has 80 valence electrons. The molecule has 1 N–H and O–H groups in total. The Morgan fingerprint density at radius 1 is 1.53 bits per heavy atom. The molecular formula is C10H13BrN4. The van der Waals surface area contributed by atoms with Crippen molar-refractivity contribution in [2.75, 3.05) is 13.6 Å². The number of aryl methyl sites for hydroxylation is 1. The Balaban J connectivity index is 2.56. The first kappa shape index (κ1) is 10.6. The number of hydrogen-bond donors (Lipinski definition) is 1. The van der Waals surface area contributed by atoms with Gasteiger partial charge >= 0.3 is 0 Å². The van der Waals surface area contributed by atoms with Crippen molar-refractivity contribution < 1.29 is 0 Å². The number of fused-ring (bicyclic) bond motifs is 1. The lowest BCUT2D eigenvalue weighted by Crippen LogP contribution is -2.10. The van der Waals surface area contributed by atoms with E-state index in [0.717, 1.165) is 28.6 Å². The topological polar surface area (TPSA) is 42.7 Å². The Hall–Kier alpha value is -0.940. The molecule has 0 radical (unpaired) electrons. The van der Waals surface area contributed by atoms with Gasteiger partial charge in [-0.05, 0) is 41.5 Å². The highest BCUT2D eigenvalue weighted by Gasteiger charge is 2.13. The Labute approximate surface area is 96.8 Å². The van der Waals surface area contributed by atoms with Crippen LogP contribution >= 0.6 is 15.9 Å². The average Bonchev–Trinajstić information content (AvgIpc) is 2.51. The molecule has 0 saturated heterocycles. The highest BCUT2D eigenvalue weighted by Crippen LogP contribution is 2.27. The van der Waals surface area contributed by atoms with Crippen LogP contribution in [-0.4, -0.2) is 28.1 Å². The lowest BCUT2D eigenvalue weighted by atomic mass is 10.2. The Bertz CT molecular complexity index is 477. The van der Waals surface area contributed by atoms with Gasteiger partial charge in [0.2, 0.25) is 0 Å². The van der Waals surface area contributed by atoms with Crippen molar-refractivity contribution in [3.63, 3.8) is 0 Å². The Morgan fingerprint density at radius 2 is 2.33 bits per heavy atom. The maximum absolute atomic E-state index is 4.27. The molecule has 0 aliphatic rings. The highest BCUT2D eigenvalue weighted by molar-refractivity contribution is 9.10. The van der Waals surface area contributed by atoms with Crippen molar-refractivity contribution in [3.8, 4) is 0 Å². The van der Waals surface area contributed by atoms with Gasteiger partial charge in [0.05, 0.1) is 4.60 Å². The van der Waals surface area contributed by atoms with E-state index in [9.17, 15) is 0 Å². The SMILES string of the molecule is CNCCc1c(Br)n(C)c2ncncc12.